The highest BCUT2D eigenvalue weighted by molar-refractivity contribution is 5.80. The van der Waals surface area contributed by atoms with E-state index in [1.54, 1.807) is 12.3 Å². The molecule has 2 atom stereocenters. The van der Waals surface area contributed by atoms with E-state index in [-0.39, 0.29) is 24.5 Å². The number of rotatable bonds is 3. The van der Waals surface area contributed by atoms with Crippen LogP contribution in [-0.4, -0.2) is 42.2 Å². The number of furan rings is 1. The molecule has 3 heterocycles. The van der Waals surface area contributed by atoms with E-state index in [2.05, 4.69) is 15.2 Å². The summed E-state index contributed by atoms with van der Waals surface area (Å²) < 4.78 is 18.3. The van der Waals surface area contributed by atoms with Crippen LogP contribution in [-0.2, 0) is 0 Å². The zero-order valence-corrected chi connectivity index (χ0v) is 11.8. The Labute approximate surface area is 122 Å². The van der Waals surface area contributed by atoms with Crippen LogP contribution < -0.4 is 5.32 Å². The third-order valence-electron chi connectivity index (χ3n) is 4.05. The zero-order chi connectivity index (χ0) is 14.8. The van der Waals surface area contributed by atoms with Crippen molar-refractivity contribution in [2.75, 3.05) is 25.6 Å². The summed E-state index contributed by atoms with van der Waals surface area (Å²) in [6.07, 6.45) is 3.34. The summed E-state index contributed by atoms with van der Waals surface area (Å²) in [6, 6.07) is 5.72. The van der Waals surface area contributed by atoms with E-state index in [0.717, 1.165) is 30.6 Å². The highest BCUT2D eigenvalue weighted by Crippen LogP contribution is 2.23. The molecule has 0 spiro atoms. The molecule has 3 rings (SSSR count). The molecule has 1 aliphatic heterocycles. The molecule has 0 amide bonds. The Morgan fingerprint density at radius 2 is 2.43 bits per heavy atom. The number of aromatic nitrogens is 1. The van der Waals surface area contributed by atoms with Gasteiger partial charge in [-0.05, 0) is 26.0 Å². The second-order valence-corrected chi connectivity index (χ2v) is 5.48. The molecule has 1 saturated heterocycles. The van der Waals surface area contributed by atoms with Crippen LogP contribution in [0.25, 0.3) is 11.0 Å². The molecule has 2 aromatic heterocycles. The minimum atomic E-state index is -0.325. The second kappa shape index (κ2) is 5.70. The smallest absolute Gasteiger partial charge is 0.204 e. The normalized spacial score (nSPS) is 23.1. The molecule has 0 radical (unpaired) electrons. The van der Waals surface area contributed by atoms with Crippen LogP contribution in [0.1, 0.15) is 18.6 Å². The van der Waals surface area contributed by atoms with Crippen LogP contribution in [0, 0.1) is 11.3 Å². The summed E-state index contributed by atoms with van der Waals surface area (Å²) in [5, 5.41) is 13.0. The maximum absolute atomic E-state index is 13.0. The standard InChI is InChI=1S/C15H17FN4O/c1-20-3-2-11(6-12(20)7-16)19-15-5-10-4-13(8-17)21-14(10)9-18-15/h4-5,9,11-12H,2-3,6-7H2,1H3,(H,18,19)/t11-,12+/m1/s1. The van der Waals surface area contributed by atoms with Crippen molar-refractivity contribution in [2.24, 2.45) is 0 Å². The van der Waals surface area contributed by atoms with Gasteiger partial charge in [-0.25, -0.2) is 9.37 Å². The van der Waals surface area contributed by atoms with Crippen LogP contribution >= 0.6 is 0 Å². The average Bonchev–Trinajstić information content (AvgIpc) is 2.91. The molecular formula is C15H17FN4O. The second-order valence-electron chi connectivity index (χ2n) is 5.48. The van der Waals surface area contributed by atoms with Gasteiger partial charge < -0.3 is 14.6 Å². The number of nitrogens with one attached hydrogen (secondary N) is 1. The lowest BCUT2D eigenvalue weighted by molar-refractivity contribution is 0.147. The number of hydrogen-bond acceptors (Lipinski definition) is 5. The number of pyridine rings is 1. The molecule has 2 aromatic rings. The SMILES string of the molecule is CN1CC[C@@H](Nc2cc3cc(C#N)oc3cn2)C[C@H]1CF. The topological polar surface area (TPSA) is 65.1 Å². The van der Waals surface area contributed by atoms with Crippen molar-refractivity contribution in [1.82, 2.24) is 9.88 Å². The predicted molar refractivity (Wildman–Crippen MR) is 77.8 cm³/mol. The van der Waals surface area contributed by atoms with Crippen molar-refractivity contribution in [3.05, 3.63) is 24.1 Å². The molecule has 0 unspecified atom stereocenters. The van der Waals surface area contributed by atoms with Crippen molar-refractivity contribution >= 4 is 16.8 Å². The fourth-order valence-electron chi connectivity index (χ4n) is 2.77. The molecule has 5 nitrogen and oxygen atoms in total. The molecule has 0 bridgehead atoms. The van der Waals surface area contributed by atoms with E-state index >= 15 is 0 Å². The fraction of sp³-hybridized carbons (Fsp3) is 0.467. The molecule has 1 N–H and O–H groups in total. The molecule has 110 valence electrons. The fourth-order valence-corrected chi connectivity index (χ4v) is 2.77. The number of halogens is 1. The predicted octanol–water partition coefficient (Wildman–Crippen LogP) is 2.54. The third-order valence-corrected chi connectivity index (χ3v) is 4.05. The van der Waals surface area contributed by atoms with E-state index in [0.29, 0.717) is 5.58 Å². The molecule has 0 aliphatic carbocycles. The summed E-state index contributed by atoms with van der Waals surface area (Å²) >= 11 is 0. The molecule has 6 heteroatoms. The summed E-state index contributed by atoms with van der Waals surface area (Å²) in [4.78, 5) is 6.36. The lowest BCUT2D eigenvalue weighted by Crippen LogP contribution is -2.45. The minimum Gasteiger partial charge on any atom is -0.444 e. The van der Waals surface area contributed by atoms with Gasteiger partial charge in [-0.2, -0.15) is 5.26 Å². The highest BCUT2D eigenvalue weighted by Gasteiger charge is 2.26. The van der Waals surface area contributed by atoms with E-state index in [9.17, 15) is 4.39 Å². The average molecular weight is 288 g/mol. The number of anilines is 1. The Balaban J connectivity index is 1.74. The number of alkyl halides is 1. The number of fused-ring (bicyclic) bond motifs is 1. The van der Waals surface area contributed by atoms with E-state index in [1.165, 1.54) is 0 Å². The maximum atomic E-state index is 13.0. The number of nitrogens with zero attached hydrogens (tertiary/aromatic N) is 3. The summed E-state index contributed by atoms with van der Waals surface area (Å²) in [5.41, 5.74) is 0.599. The van der Waals surface area contributed by atoms with Gasteiger partial charge >= 0.3 is 0 Å². The number of nitriles is 1. The molecular weight excluding hydrogens is 271 g/mol. The van der Waals surface area contributed by atoms with Crippen molar-refractivity contribution < 1.29 is 8.81 Å². The number of hydrogen-bond donors (Lipinski definition) is 1. The number of piperidine rings is 1. The first-order valence-corrected chi connectivity index (χ1v) is 7.02. The first-order valence-electron chi connectivity index (χ1n) is 7.02. The van der Waals surface area contributed by atoms with Gasteiger partial charge in [0.2, 0.25) is 5.76 Å². The van der Waals surface area contributed by atoms with Crippen molar-refractivity contribution in [3.63, 3.8) is 0 Å². The maximum Gasteiger partial charge on any atom is 0.204 e. The number of likely N-dealkylation sites (tertiary alicyclic amines) is 1. The van der Waals surface area contributed by atoms with Crippen molar-refractivity contribution in [1.29, 1.82) is 5.26 Å². The zero-order valence-electron chi connectivity index (χ0n) is 11.8. The van der Waals surface area contributed by atoms with Gasteiger partial charge in [0.1, 0.15) is 18.6 Å². The van der Waals surface area contributed by atoms with Crippen LogP contribution in [0.3, 0.4) is 0 Å². The van der Waals surface area contributed by atoms with Crippen LogP contribution in [0.15, 0.2) is 22.7 Å². The molecule has 21 heavy (non-hydrogen) atoms. The third kappa shape index (κ3) is 2.83. The highest BCUT2D eigenvalue weighted by atomic mass is 19.1. The van der Waals surface area contributed by atoms with Crippen molar-refractivity contribution in [3.8, 4) is 6.07 Å². The lowest BCUT2D eigenvalue weighted by atomic mass is 9.98. The quantitative estimate of drug-likeness (QED) is 0.940. The molecule has 0 saturated carbocycles. The van der Waals surface area contributed by atoms with Crippen LogP contribution in [0.5, 0.6) is 0 Å². The van der Waals surface area contributed by atoms with Gasteiger partial charge in [-0.3, -0.25) is 0 Å². The van der Waals surface area contributed by atoms with Gasteiger partial charge in [0.25, 0.3) is 0 Å². The Hall–Kier alpha value is -2.13. The lowest BCUT2D eigenvalue weighted by Gasteiger charge is -2.36. The monoisotopic (exact) mass is 288 g/mol. The summed E-state index contributed by atoms with van der Waals surface area (Å²) in [5.74, 6) is 1.01. The van der Waals surface area contributed by atoms with Gasteiger partial charge in [0.05, 0.1) is 6.20 Å². The van der Waals surface area contributed by atoms with Gasteiger partial charge in [-0.15, -0.1) is 0 Å². The molecule has 1 aliphatic rings. The Kier molecular flexibility index (Phi) is 3.76. The van der Waals surface area contributed by atoms with Crippen LogP contribution in [0.2, 0.25) is 0 Å². The minimum absolute atomic E-state index is 0.0286. The summed E-state index contributed by atoms with van der Waals surface area (Å²) in [6.45, 7) is 0.549. The Morgan fingerprint density at radius 3 is 3.19 bits per heavy atom. The van der Waals surface area contributed by atoms with Gasteiger partial charge in [-0.1, -0.05) is 0 Å². The first kappa shape index (κ1) is 13.8. The summed E-state index contributed by atoms with van der Waals surface area (Å²) in [7, 11) is 1.96. The van der Waals surface area contributed by atoms with Gasteiger partial charge in [0, 0.05) is 30.1 Å². The van der Waals surface area contributed by atoms with E-state index in [4.69, 9.17) is 9.68 Å². The Bertz CT molecular complexity index is 678. The van der Waals surface area contributed by atoms with Crippen molar-refractivity contribution in [2.45, 2.75) is 24.9 Å². The largest absolute Gasteiger partial charge is 0.444 e. The molecule has 1 fully saturated rings. The van der Waals surface area contributed by atoms with E-state index in [1.807, 2.05) is 19.2 Å². The van der Waals surface area contributed by atoms with E-state index < -0.39 is 0 Å². The Morgan fingerprint density at radius 1 is 1.57 bits per heavy atom. The first-order chi connectivity index (χ1) is 10.2. The van der Waals surface area contributed by atoms with Crippen LogP contribution in [0.4, 0.5) is 10.2 Å². The van der Waals surface area contributed by atoms with Gasteiger partial charge in [0.15, 0.2) is 5.58 Å². The molecule has 0 aromatic carbocycles.